The summed E-state index contributed by atoms with van der Waals surface area (Å²) in [7, 11) is 1.23. The van der Waals surface area contributed by atoms with Crippen LogP contribution in [0.4, 0.5) is 0 Å². The molecule has 120 valence electrons. The zero-order valence-corrected chi connectivity index (χ0v) is 12.9. The molecule has 0 amide bonds. The van der Waals surface area contributed by atoms with Crippen LogP contribution in [-0.2, 0) is 16.1 Å². The van der Waals surface area contributed by atoms with E-state index in [9.17, 15) is 14.7 Å². The lowest BCUT2D eigenvalue weighted by atomic mass is 9.92. The van der Waals surface area contributed by atoms with Crippen LogP contribution >= 0.6 is 11.3 Å². The fourth-order valence-corrected chi connectivity index (χ4v) is 3.24. The van der Waals surface area contributed by atoms with E-state index < -0.39 is 23.9 Å². The second-order valence-electron chi connectivity index (χ2n) is 4.75. The van der Waals surface area contributed by atoms with E-state index >= 15 is 0 Å². The Labute approximate surface area is 134 Å². The van der Waals surface area contributed by atoms with E-state index in [1.54, 1.807) is 12.1 Å². The number of carbonyl (C=O) groups excluding carboxylic acids is 1. The Kier molecular flexibility index (Phi) is 3.93. The van der Waals surface area contributed by atoms with Crippen molar-refractivity contribution in [1.82, 2.24) is 0 Å². The summed E-state index contributed by atoms with van der Waals surface area (Å²) in [6, 6.07) is 4.71. The van der Waals surface area contributed by atoms with Crippen molar-refractivity contribution < 1.29 is 23.8 Å². The van der Waals surface area contributed by atoms with Crippen LogP contribution in [0.2, 0.25) is 0 Å². The molecule has 1 atom stereocenters. The second-order valence-corrected chi connectivity index (χ2v) is 5.73. The van der Waals surface area contributed by atoms with Crippen LogP contribution < -0.4 is 15.9 Å². The zero-order chi connectivity index (χ0) is 16.6. The van der Waals surface area contributed by atoms with Gasteiger partial charge in [-0.25, -0.2) is 4.79 Å². The van der Waals surface area contributed by atoms with Gasteiger partial charge in [-0.3, -0.25) is 4.79 Å². The van der Waals surface area contributed by atoms with Crippen LogP contribution in [0, 0.1) is 0 Å². The molecular weight excluding hydrogens is 322 g/mol. The minimum atomic E-state index is -0.731. The van der Waals surface area contributed by atoms with Gasteiger partial charge in [0.15, 0.2) is 5.76 Å². The number of fused-ring (bicyclic) bond motifs is 1. The van der Waals surface area contributed by atoms with Crippen LogP contribution in [0.5, 0.6) is 5.75 Å². The predicted octanol–water partition coefficient (Wildman–Crippen LogP) is 1.06. The molecule has 0 unspecified atom stereocenters. The molecule has 0 aliphatic carbocycles. The van der Waals surface area contributed by atoms with Gasteiger partial charge in [0.25, 0.3) is 0 Å². The van der Waals surface area contributed by atoms with Crippen molar-refractivity contribution in [1.29, 1.82) is 0 Å². The zero-order valence-electron chi connectivity index (χ0n) is 12.1. The first kappa shape index (κ1) is 15.3. The number of nitrogens with two attached hydrogens (primary N) is 1. The smallest absolute Gasteiger partial charge is 0.340 e. The molecule has 0 saturated carbocycles. The molecule has 0 spiro atoms. The highest BCUT2D eigenvalue weighted by molar-refractivity contribution is 7.10. The van der Waals surface area contributed by atoms with Crippen molar-refractivity contribution in [2.45, 2.75) is 12.5 Å². The van der Waals surface area contributed by atoms with Crippen molar-refractivity contribution in [3.8, 4) is 5.75 Å². The largest absolute Gasteiger partial charge is 0.465 e. The van der Waals surface area contributed by atoms with E-state index in [4.69, 9.17) is 19.6 Å². The fraction of sp³-hybridized carbons (Fsp3) is 0.200. The van der Waals surface area contributed by atoms with E-state index in [-0.39, 0.29) is 28.7 Å². The van der Waals surface area contributed by atoms with E-state index in [1.165, 1.54) is 18.4 Å². The average Bonchev–Trinajstić information content (AvgIpc) is 3.07. The molecule has 2 aromatic heterocycles. The molecule has 1 aliphatic rings. The van der Waals surface area contributed by atoms with Gasteiger partial charge in [-0.1, -0.05) is 6.07 Å². The number of carbonyl (C=O) groups is 1. The summed E-state index contributed by atoms with van der Waals surface area (Å²) in [5.74, 6) is -1.51. The predicted molar refractivity (Wildman–Crippen MR) is 80.9 cm³/mol. The van der Waals surface area contributed by atoms with Gasteiger partial charge in [0.1, 0.15) is 17.9 Å². The summed E-state index contributed by atoms with van der Waals surface area (Å²) in [6.07, 6.45) is 0. The summed E-state index contributed by atoms with van der Waals surface area (Å²) >= 11 is 1.37. The highest BCUT2D eigenvalue weighted by atomic mass is 32.1. The standard InChI is InChI=1S/C15H13NO6S/c1-20-15(19)11-10(9-3-2-4-23-9)13-12(22-14(11)16)8(18)5-7(6-17)21-13/h2-5,10,17H,6,16H2,1H3/t10-/m0/s1. The molecule has 2 aromatic rings. The SMILES string of the molecule is COC(=O)C1=C(N)Oc2c(oc(CO)cc2=O)[C@H]1c1cccs1. The molecule has 0 aromatic carbocycles. The molecule has 0 radical (unpaired) electrons. The number of hydrogen-bond donors (Lipinski definition) is 2. The van der Waals surface area contributed by atoms with E-state index in [1.807, 2.05) is 5.38 Å². The molecule has 0 saturated heterocycles. The number of aliphatic hydroxyl groups is 1. The van der Waals surface area contributed by atoms with Crippen LogP contribution in [0.1, 0.15) is 22.3 Å². The number of ether oxygens (including phenoxy) is 2. The van der Waals surface area contributed by atoms with E-state index in [0.29, 0.717) is 0 Å². The van der Waals surface area contributed by atoms with Gasteiger partial charge in [-0.2, -0.15) is 0 Å². The van der Waals surface area contributed by atoms with Crippen molar-refractivity contribution >= 4 is 17.3 Å². The third-order valence-corrected chi connectivity index (χ3v) is 4.34. The number of rotatable bonds is 3. The van der Waals surface area contributed by atoms with E-state index in [0.717, 1.165) is 10.9 Å². The quantitative estimate of drug-likeness (QED) is 0.807. The van der Waals surface area contributed by atoms with Crippen molar-refractivity contribution in [3.05, 3.63) is 61.7 Å². The van der Waals surface area contributed by atoms with Gasteiger partial charge in [-0.05, 0) is 11.4 Å². The molecular formula is C15H13NO6S. The van der Waals surface area contributed by atoms with Crippen LogP contribution in [0.3, 0.4) is 0 Å². The molecule has 3 N–H and O–H groups in total. The second kappa shape index (κ2) is 5.90. The molecule has 3 heterocycles. The third kappa shape index (κ3) is 2.51. The van der Waals surface area contributed by atoms with Crippen LogP contribution in [0.15, 0.2) is 44.2 Å². The molecule has 3 rings (SSSR count). The maximum absolute atomic E-state index is 12.2. The summed E-state index contributed by atoms with van der Waals surface area (Å²) < 4.78 is 15.6. The highest BCUT2D eigenvalue weighted by Gasteiger charge is 2.39. The van der Waals surface area contributed by atoms with Gasteiger partial charge >= 0.3 is 5.97 Å². The lowest BCUT2D eigenvalue weighted by molar-refractivity contribution is -0.136. The number of hydrogen-bond acceptors (Lipinski definition) is 8. The number of aliphatic hydroxyl groups excluding tert-OH is 1. The lowest BCUT2D eigenvalue weighted by Gasteiger charge is -2.25. The minimum Gasteiger partial charge on any atom is -0.465 e. The molecule has 0 bridgehead atoms. The third-order valence-electron chi connectivity index (χ3n) is 3.40. The van der Waals surface area contributed by atoms with Crippen molar-refractivity contribution in [3.63, 3.8) is 0 Å². The Morgan fingerprint density at radius 1 is 1.52 bits per heavy atom. The number of esters is 1. The van der Waals surface area contributed by atoms with Crippen LogP contribution in [-0.4, -0.2) is 18.2 Å². The number of methoxy groups -OCH3 is 1. The van der Waals surface area contributed by atoms with Gasteiger partial charge in [0, 0.05) is 10.9 Å². The average molecular weight is 335 g/mol. The van der Waals surface area contributed by atoms with Crippen LogP contribution in [0.25, 0.3) is 0 Å². The molecule has 23 heavy (non-hydrogen) atoms. The highest BCUT2D eigenvalue weighted by Crippen LogP contribution is 2.43. The van der Waals surface area contributed by atoms with Crippen molar-refractivity contribution in [2.24, 2.45) is 5.73 Å². The monoisotopic (exact) mass is 335 g/mol. The van der Waals surface area contributed by atoms with E-state index in [2.05, 4.69) is 0 Å². The normalized spacial score (nSPS) is 16.7. The van der Waals surface area contributed by atoms with Gasteiger partial charge in [0.2, 0.25) is 17.1 Å². The Morgan fingerprint density at radius 2 is 2.30 bits per heavy atom. The molecule has 1 aliphatic heterocycles. The van der Waals surface area contributed by atoms with Gasteiger partial charge in [-0.15, -0.1) is 11.3 Å². The maximum Gasteiger partial charge on any atom is 0.340 e. The first-order valence-corrected chi connectivity index (χ1v) is 7.51. The minimum absolute atomic E-state index is 0.0562. The first-order chi connectivity index (χ1) is 11.1. The summed E-state index contributed by atoms with van der Waals surface area (Å²) in [5, 5.41) is 11.1. The Hall–Kier alpha value is -2.58. The Bertz CT molecular complexity index is 836. The van der Waals surface area contributed by atoms with Crippen molar-refractivity contribution in [2.75, 3.05) is 7.11 Å². The summed E-state index contributed by atoms with van der Waals surface area (Å²) in [5.41, 5.74) is 5.41. The Morgan fingerprint density at radius 3 is 2.91 bits per heavy atom. The molecule has 7 nitrogen and oxygen atoms in total. The molecule has 8 heteroatoms. The van der Waals surface area contributed by atoms with Gasteiger partial charge < -0.3 is 24.7 Å². The Balaban J connectivity index is 2.28. The molecule has 0 fully saturated rings. The topological polar surface area (TPSA) is 112 Å². The fourth-order valence-electron chi connectivity index (χ4n) is 2.41. The van der Waals surface area contributed by atoms with Gasteiger partial charge in [0.05, 0.1) is 13.0 Å². The number of thiophene rings is 1. The summed E-state index contributed by atoms with van der Waals surface area (Å²) in [6.45, 7) is -0.452. The summed E-state index contributed by atoms with van der Waals surface area (Å²) in [4.78, 5) is 25.0. The lowest BCUT2D eigenvalue weighted by Crippen LogP contribution is -2.29. The maximum atomic E-state index is 12.2. The first-order valence-electron chi connectivity index (χ1n) is 6.63.